The molecule has 0 aliphatic heterocycles. The summed E-state index contributed by atoms with van der Waals surface area (Å²) in [5, 5.41) is -0.0132. The molecule has 7 fully saturated rings. The summed E-state index contributed by atoms with van der Waals surface area (Å²) in [4.78, 5) is 47.6. The first kappa shape index (κ1) is 40.1. The number of esters is 2. The second-order valence-electron chi connectivity index (χ2n) is 19.5. The number of Topliss-reactive ketones (excluding diaryl/α,β-unsaturated/α-hetero) is 2. The summed E-state index contributed by atoms with van der Waals surface area (Å²) in [5.41, 5.74) is 1.45. The Labute approximate surface area is 332 Å². The summed E-state index contributed by atoms with van der Waals surface area (Å²) in [7, 11) is 0. The number of fused-ring (bicyclic) bond motifs is 10. The maximum atomic E-state index is 12.3. The van der Waals surface area contributed by atoms with Gasteiger partial charge < -0.3 is 9.47 Å². The first-order valence-electron chi connectivity index (χ1n) is 21.2. The molecular formula is C44H63Cl3O6. The molecule has 6 nitrogen and oxygen atoms in total. The molecule has 0 aromatic carbocycles. The maximum Gasteiger partial charge on any atom is 0.305 e. The molecule has 0 heterocycles. The van der Waals surface area contributed by atoms with E-state index in [1.807, 2.05) is 13.8 Å². The molecule has 8 rings (SSSR count). The van der Waals surface area contributed by atoms with E-state index in [1.54, 1.807) is 0 Å². The van der Waals surface area contributed by atoms with E-state index < -0.39 is 10.3 Å². The van der Waals surface area contributed by atoms with Crippen LogP contribution in [0.15, 0.2) is 10.6 Å². The minimum absolute atomic E-state index is 0.0556. The van der Waals surface area contributed by atoms with Crippen LogP contribution in [-0.4, -0.2) is 46.0 Å². The van der Waals surface area contributed by atoms with E-state index in [4.69, 9.17) is 44.3 Å². The molecule has 9 heteroatoms. The molecule has 8 aliphatic rings. The van der Waals surface area contributed by atoms with Crippen molar-refractivity contribution < 1.29 is 28.7 Å². The average molecular weight is 794 g/mol. The fourth-order valence-electron chi connectivity index (χ4n) is 14.5. The Morgan fingerprint density at radius 2 is 1.21 bits per heavy atom. The Balaban J connectivity index is 0.000000164. The van der Waals surface area contributed by atoms with Crippen molar-refractivity contribution in [1.82, 2.24) is 0 Å². The lowest BCUT2D eigenvalue weighted by atomic mass is 9.45. The molecule has 0 aromatic rings. The molecule has 8 aliphatic carbocycles. The molecule has 0 N–H and O–H groups in total. The van der Waals surface area contributed by atoms with Gasteiger partial charge in [-0.1, -0.05) is 53.1 Å². The Morgan fingerprint density at radius 1 is 0.660 bits per heavy atom. The van der Waals surface area contributed by atoms with Crippen LogP contribution in [0.25, 0.3) is 0 Å². The minimum Gasteiger partial charge on any atom is -0.462 e. The lowest BCUT2D eigenvalue weighted by molar-refractivity contribution is -0.162. The zero-order chi connectivity index (χ0) is 38.3. The Kier molecular flexibility index (Phi) is 10.9. The minimum atomic E-state index is -0.606. The number of alkyl halides is 2. The molecule has 7 saturated carbocycles. The average Bonchev–Trinajstić information content (AvgIpc) is 3.65. The highest BCUT2D eigenvalue weighted by Gasteiger charge is 2.67. The number of hydrogen-bond acceptors (Lipinski definition) is 6. The summed E-state index contributed by atoms with van der Waals surface area (Å²) >= 11 is 20.2. The van der Waals surface area contributed by atoms with E-state index in [0.717, 1.165) is 83.5 Å². The highest BCUT2D eigenvalue weighted by atomic mass is 35.5. The van der Waals surface area contributed by atoms with Crippen LogP contribution in [-0.2, 0) is 28.7 Å². The van der Waals surface area contributed by atoms with E-state index in [9.17, 15) is 19.2 Å². The van der Waals surface area contributed by atoms with Crippen molar-refractivity contribution in [1.29, 1.82) is 0 Å². The standard InChI is InChI=1S/C22H32Cl2O3.C22H31ClO3/c1-4-18(26)27-17-6-5-14-13-7-12-22(24)19(23)16(25)9-11-21(22,3)15(13)8-10-20(14,17)2;1-4-19(25)26-18-8-7-14-13-5-6-16-20(23)17(24)10-12-21(16,2)15(13)9-11-22(14,18)3/h13-15,17,19H,4-12H2,1-3H3;13-15,18H,4-12H2,1-3H3/t13-,14-,15-,17-,19?,20-,21+,22?;13-,14-,15-,18-,21+,22-/m00/s1. The summed E-state index contributed by atoms with van der Waals surface area (Å²) in [6.07, 6.45) is 16.7. The molecule has 0 bridgehead atoms. The van der Waals surface area contributed by atoms with Gasteiger partial charge in [0, 0.05) is 36.5 Å². The topological polar surface area (TPSA) is 86.7 Å². The molecule has 53 heavy (non-hydrogen) atoms. The van der Waals surface area contributed by atoms with Crippen LogP contribution < -0.4 is 0 Å². The molecule has 0 aromatic heterocycles. The van der Waals surface area contributed by atoms with E-state index in [1.165, 1.54) is 12.0 Å². The van der Waals surface area contributed by atoms with Crippen molar-refractivity contribution in [3.05, 3.63) is 10.6 Å². The van der Waals surface area contributed by atoms with Gasteiger partial charge in [0.2, 0.25) is 0 Å². The first-order chi connectivity index (χ1) is 25.0. The monoisotopic (exact) mass is 792 g/mol. The second-order valence-corrected chi connectivity index (χ2v) is 21.0. The van der Waals surface area contributed by atoms with Crippen molar-refractivity contribution in [2.75, 3.05) is 0 Å². The number of hydrogen-bond donors (Lipinski definition) is 0. The number of rotatable bonds is 4. The Morgan fingerprint density at radius 3 is 1.77 bits per heavy atom. The molecule has 14 atom stereocenters. The van der Waals surface area contributed by atoms with Crippen molar-refractivity contribution in [3.8, 4) is 0 Å². The SMILES string of the molecule is CCC(=O)O[C@H]1CC[C@H]2[C@@H]3CCC4(Cl)C(Cl)C(=O)CC[C@]4(C)[C@H]3CC[C@]12C.CCC(=O)O[C@H]1CC[C@H]2[C@@H]3CCC4=C(Cl)C(=O)CC[C@]4(C)[C@H]3CC[C@]12C. The third-order valence-electron chi connectivity index (χ3n) is 17.6. The summed E-state index contributed by atoms with van der Waals surface area (Å²) in [5.74, 6) is 3.74. The van der Waals surface area contributed by atoms with Crippen LogP contribution in [0.2, 0.25) is 0 Å². The third-order valence-corrected chi connectivity index (χ3v) is 19.6. The van der Waals surface area contributed by atoms with Gasteiger partial charge in [0.1, 0.15) is 17.6 Å². The highest BCUT2D eigenvalue weighted by Crippen LogP contribution is 2.70. The Bertz CT molecular complexity index is 1540. The van der Waals surface area contributed by atoms with Gasteiger partial charge in [-0.3, -0.25) is 19.2 Å². The summed E-state index contributed by atoms with van der Waals surface area (Å²) in [6.45, 7) is 13.1. The van der Waals surface area contributed by atoms with Gasteiger partial charge in [-0.2, -0.15) is 0 Å². The molecule has 2 unspecified atom stereocenters. The van der Waals surface area contributed by atoms with E-state index >= 15 is 0 Å². The van der Waals surface area contributed by atoms with Crippen molar-refractivity contribution >= 4 is 58.3 Å². The molecular weight excluding hydrogens is 731 g/mol. The third kappa shape index (κ3) is 6.13. The smallest absolute Gasteiger partial charge is 0.305 e. The largest absolute Gasteiger partial charge is 0.462 e. The number of ketones is 2. The highest BCUT2D eigenvalue weighted by molar-refractivity contribution is 6.43. The van der Waals surface area contributed by atoms with Crippen molar-refractivity contribution in [2.24, 2.45) is 57.2 Å². The van der Waals surface area contributed by atoms with Gasteiger partial charge in [-0.25, -0.2) is 0 Å². The van der Waals surface area contributed by atoms with Crippen molar-refractivity contribution in [3.63, 3.8) is 0 Å². The number of halogens is 3. The zero-order valence-corrected chi connectivity index (χ0v) is 35.3. The summed E-state index contributed by atoms with van der Waals surface area (Å²) in [6, 6.07) is 0. The lowest BCUT2D eigenvalue weighted by Crippen LogP contribution is -2.64. The number of ether oxygens (including phenoxy) is 2. The van der Waals surface area contributed by atoms with Gasteiger partial charge >= 0.3 is 11.9 Å². The first-order valence-corrected chi connectivity index (χ1v) is 22.3. The van der Waals surface area contributed by atoms with E-state index in [2.05, 4.69) is 27.7 Å². The van der Waals surface area contributed by atoms with Crippen LogP contribution in [0.3, 0.4) is 0 Å². The van der Waals surface area contributed by atoms with Crippen LogP contribution in [0.5, 0.6) is 0 Å². The van der Waals surface area contributed by atoms with Gasteiger partial charge in [0.05, 0.1) is 9.91 Å². The predicted octanol–water partition coefficient (Wildman–Crippen LogP) is 10.9. The molecule has 0 saturated heterocycles. The maximum absolute atomic E-state index is 12.3. The quantitative estimate of drug-likeness (QED) is 0.208. The van der Waals surface area contributed by atoms with Crippen LogP contribution in [0, 0.1) is 57.2 Å². The zero-order valence-electron chi connectivity index (χ0n) is 33.0. The lowest BCUT2D eigenvalue weighted by Gasteiger charge is -2.63. The number of allylic oxidation sites excluding steroid dienone is 1. The van der Waals surface area contributed by atoms with Gasteiger partial charge in [-0.15, -0.1) is 23.2 Å². The molecule has 0 radical (unpaired) electrons. The van der Waals surface area contributed by atoms with Crippen LogP contribution in [0.4, 0.5) is 0 Å². The Hall–Kier alpha value is -1.11. The van der Waals surface area contributed by atoms with Crippen molar-refractivity contribution in [2.45, 2.75) is 180 Å². The summed E-state index contributed by atoms with van der Waals surface area (Å²) < 4.78 is 11.7. The van der Waals surface area contributed by atoms with Crippen LogP contribution >= 0.6 is 34.8 Å². The van der Waals surface area contributed by atoms with Gasteiger partial charge in [0.25, 0.3) is 0 Å². The molecule has 0 spiro atoms. The molecule has 296 valence electrons. The fourth-order valence-corrected chi connectivity index (χ4v) is 15.8. The predicted molar refractivity (Wildman–Crippen MR) is 209 cm³/mol. The normalized spacial score (nSPS) is 48.5. The van der Waals surface area contributed by atoms with Gasteiger partial charge in [0.15, 0.2) is 11.6 Å². The molecule has 0 amide bonds. The number of carbonyl (C=O) groups is 4. The van der Waals surface area contributed by atoms with E-state index in [0.29, 0.717) is 66.2 Å². The fraction of sp³-hybridized carbons (Fsp3) is 0.864. The second kappa shape index (κ2) is 14.4. The van der Waals surface area contributed by atoms with Crippen LogP contribution in [0.1, 0.15) is 157 Å². The number of carbonyl (C=O) groups excluding carboxylic acids is 4. The van der Waals surface area contributed by atoms with Gasteiger partial charge in [-0.05, 0) is 142 Å². The van der Waals surface area contributed by atoms with E-state index in [-0.39, 0.29) is 57.4 Å².